The quantitative estimate of drug-likeness (QED) is 0.0576. The molecule has 0 saturated carbocycles. The number of aromatic nitrogens is 3. The molecular weight excluding hydrogens is 1130 g/mol. The SMILES string of the molecule is COc1nc(OC)nc(O[C@@H]2O[C@H](CO)[C@@H](O[C@@H]3O[C@H](CO[C@H]4OC[C@@H](O)[C@H](O)[C@H]4O)[C@@H](O[C@@H]4O[C@H](CO[C@H]5OC[C@@H](O)[C@H](O)[C@H]5O)[C@@H](O[C@@H]5O[C@H](CO[C@H]6OC[C@@H](O)[C@H](O)[C@H]6O)[C@@H](O)[C@H](O)[C@H]5O)[C@H](O)[C@H]4O)[C@H](O)[C@H]3O)[C@H](O)[C@H]2O)n1. The zero-order valence-electron chi connectivity index (χ0n) is 43.3. The van der Waals surface area contributed by atoms with Crippen molar-refractivity contribution >= 4 is 0 Å². The second kappa shape index (κ2) is 28.3. The molecule has 472 valence electrons. The van der Waals surface area contributed by atoms with E-state index in [4.69, 9.17) is 75.8 Å². The molecule has 0 spiro atoms. The van der Waals surface area contributed by atoms with Gasteiger partial charge in [0.25, 0.3) is 0 Å². The van der Waals surface area contributed by atoms with E-state index in [1.165, 1.54) is 14.2 Å². The molecule has 19 N–H and O–H groups in total. The number of methoxy groups -OCH3 is 2. The third-order valence-corrected chi connectivity index (χ3v) is 14.4. The summed E-state index contributed by atoms with van der Waals surface area (Å²) in [4.78, 5) is 11.5. The summed E-state index contributed by atoms with van der Waals surface area (Å²) in [6.45, 7) is -5.11. The molecule has 7 fully saturated rings. The first-order valence-corrected chi connectivity index (χ1v) is 25.6. The van der Waals surface area contributed by atoms with Crippen molar-refractivity contribution in [3.05, 3.63) is 0 Å². The van der Waals surface area contributed by atoms with Crippen molar-refractivity contribution in [1.29, 1.82) is 0 Å². The Balaban J connectivity index is 1.02. The fourth-order valence-corrected chi connectivity index (χ4v) is 9.60. The maximum absolute atomic E-state index is 11.9. The van der Waals surface area contributed by atoms with Crippen molar-refractivity contribution in [2.75, 3.05) is 60.5 Å². The first-order chi connectivity index (χ1) is 39.0. The first-order valence-electron chi connectivity index (χ1n) is 25.6. The summed E-state index contributed by atoms with van der Waals surface area (Å²) in [5, 5.41) is 205. The zero-order chi connectivity index (χ0) is 59.6. The monoisotopic (exact) mass is 1200 g/mol. The van der Waals surface area contributed by atoms with E-state index in [1.807, 2.05) is 0 Å². The van der Waals surface area contributed by atoms with Gasteiger partial charge in [0.15, 0.2) is 37.7 Å². The Morgan fingerprint density at radius 2 is 0.646 bits per heavy atom. The van der Waals surface area contributed by atoms with Crippen LogP contribution in [0.3, 0.4) is 0 Å². The van der Waals surface area contributed by atoms with Gasteiger partial charge in [-0.05, 0) is 0 Å². The molecule has 0 bridgehead atoms. The van der Waals surface area contributed by atoms with Gasteiger partial charge in [-0.1, -0.05) is 0 Å². The summed E-state index contributed by atoms with van der Waals surface area (Å²) in [6.07, 6.45) is -61.2. The molecule has 38 heteroatoms. The van der Waals surface area contributed by atoms with Crippen LogP contribution in [-0.4, -0.2) is 369 Å². The Kier molecular flexibility index (Phi) is 22.5. The molecule has 7 aliphatic heterocycles. The number of hydrogen-bond acceptors (Lipinski definition) is 38. The molecule has 1 aromatic rings. The minimum Gasteiger partial charge on any atom is -0.467 e. The van der Waals surface area contributed by atoms with E-state index in [1.54, 1.807) is 0 Å². The zero-order valence-corrected chi connectivity index (χ0v) is 43.3. The van der Waals surface area contributed by atoms with Crippen LogP contribution in [-0.2, 0) is 61.6 Å². The van der Waals surface area contributed by atoms with Gasteiger partial charge < -0.3 is 173 Å². The average Bonchev–Trinajstić information content (AvgIpc) is 3.20. The largest absolute Gasteiger partial charge is 0.467 e. The van der Waals surface area contributed by atoms with Crippen molar-refractivity contribution in [3.63, 3.8) is 0 Å². The highest BCUT2D eigenvalue weighted by molar-refractivity contribution is 5.09. The lowest BCUT2D eigenvalue weighted by Gasteiger charge is -2.49. The van der Waals surface area contributed by atoms with E-state index < -0.39 is 249 Å². The maximum Gasteiger partial charge on any atom is 0.328 e. The van der Waals surface area contributed by atoms with E-state index in [-0.39, 0.29) is 12.0 Å². The molecule has 7 aliphatic rings. The molecule has 32 atom stereocenters. The van der Waals surface area contributed by atoms with Gasteiger partial charge in [0, 0.05) is 0 Å². The Bertz CT molecular complexity index is 2120. The number of nitrogens with zero attached hydrogens (tertiary/aromatic N) is 3. The van der Waals surface area contributed by atoms with Gasteiger partial charge in [0.2, 0.25) is 6.29 Å². The van der Waals surface area contributed by atoms with Crippen LogP contribution in [0.1, 0.15) is 0 Å². The molecule has 8 heterocycles. The molecule has 38 nitrogen and oxygen atoms in total. The summed E-state index contributed by atoms with van der Waals surface area (Å²) in [7, 11) is 2.43. The highest BCUT2D eigenvalue weighted by atomic mass is 16.8. The van der Waals surface area contributed by atoms with Crippen molar-refractivity contribution in [2.24, 2.45) is 0 Å². The maximum atomic E-state index is 11.9. The third kappa shape index (κ3) is 14.2. The Hall–Kier alpha value is -2.87. The van der Waals surface area contributed by atoms with Gasteiger partial charge in [-0.15, -0.1) is 15.0 Å². The van der Waals surface area contributed by atoms with Crippen molar-refractivity contribution < 1.29 is 173 Å². The van der Waals surface area contributed by atoms with Crippen LogP contribution < -0.4 is 14.2 Å². The van der Waals surface area contributed by atoms with Crippen LogP contribution >= 0.6 is 0 Å². The summed E-state index contributed by atoms with van der Waals surface area (Å²) >= 11 is 0. The number of aliphatic hydroxyl groups is 19. The summed E-state index contributed by atoms with van der Waals surface area (Å²) in [6, 6.07) is -1.10. The van der Waals surface area contributed by atoms with Crippen molar-refractivity contribution in [2.45, 2.75) is 197 Å². The predicted molar refractivity (Wildman–Crippen MR) is 245 cm³/mol. The lowest BCUT2D eigenvalue weighted by molar-refractivity contribution is -0.393. The summed E-state index contributed by atoms with van der Waals surface area (Å²) < 4.78 is 89.4. The van der Waals surface area contributed by atoms with E-state index in [0.29, 0.717) is 0 Å². The molecule has 7 saturated heterocycles. The Morgan fingerprint density at radius 1 is 0.341 bits per heavy atom. The van der Waals surface area contributed by atoms with Crippen LogP contribution in [0, 0.1) is 0 Å². The van der Waals surface area contributed by atoms with Gasteiger partial charge >= 0.3 is 18.0 Å². The molecule has 0 unspecified atom stereocenters. The Morgan fingerprint density at radius 3 is 1.02 bits per heavy atom. The second-order valence-electron chi connectivity index (χ2n) is 20.0. The fraction of sp³-hybridized carbons (Fsp3) is 0.932. The van der Waals surface area contributed by atoms with Crippen LogP contribution in [0.2, 0.25) is 0 Å². The number of hydrogen-bond donors (Lipinski definition) is 19. The van der Waals surface area contributed by atoms with E-state index in [9.17, 15) is 97.0 Å². The lowest BCUT2D eigenvalue weighted by Crippen LogP contribution is -2.68. The molecule has 0 aliphatic carbocycles. The van der Waals surface area contributed by atoms with Gasteiger partial charge in [-0.3, -0.25) is 0 Å². The topological polar surface area (TPSA) is 571 Å². The highest BCUT2D eigenvalue weighted by Crippen LogP contribution is 2.36. The van der Waals surface area contributed by atoms with Gasteiger partial charge in [-0.2, -0.15) is 0 Å². The molecular formula is C44H71N3O35. The standard InChI is InChI=1S/C44H71N3O35/c1-67-42-45-43(68-2)47-44(46-42)82-41-31(66)22(57)32(13(3-48)75-41)79-39-29(64)23(58)34(16(77-39)9-74-37-27(62)19(54)12(51)6-71-37)81-40-30(65)24(59)33(15(78-40)8-73-36-26(61)18(53)11(50)5-70-36)80-38-28(63)21(56)20(55)14(76-38)7-72-35-25(60)17(52)10(49)4-69-35/h10-41,48-66H,3-9H2,1-2H3/t10-,11-,12-,13-,14-,15-,16-,17+,18+,19+,20-,21+,22-,23-,24-,25-,26-,27-,28-,29-,30-,31-,32-,33-,34-,35-,36-,37-,38+,39+,40+,41+/m1/s1. The normalized spacial score (nSPS) is 48.5. The predicted octanol–water partition coefficient (Wildman–Crippen LogP) is -14.1. The minimum absolute atomic E-state index is 0.288. The number of ether oxygens (including phenoxy) is 16. The molecule has 0 radical (unpaired) electrons. The van der Waals surface area contributed by atoms with Crippen LogP contribution in [0.15, 0.2) is 0 Å². The third-order valence-electron chi connectivity index (χ3n) is 14.4. The van der Waals surface area contributed by atoms with Gasteiger partial charge in [0.05, 0.1) is 60.5 Å². The van der Waals surface area contributed by atoms with Crippen molar-refractivity contribution in [3.8, 4) is 18.0 Å². The molecule has 1 aromatic heterocycles. The molecule has 0 amide bonds. The highest BCUT2D eigenvalue weighted by Gasteiger charge is 2.57. The minimum atomic E-state index is -2.33. The number of rotatable bonds is 20. The summed E-state index contributed by atoms with van der Waals surface area (Å²) in [5.74, 6) is 0. The first kappa shape index (κ1) is 65.1. The van der Waals surface area contributed by atoms with E-state index in [0.717, 1.165) is 0 Å². The fourth-order valence-electron chi connectivity index (χ4n) is 9.60. The molecule has 82 heavy (non-hydrogen) atoms. The smallest absolute Gasteiger partial charge is 0.328 e. The molecule has 0 aromatic carbocycles. The average molecular weight is 1200 g/mol. The van der Waals surface area contributed by atoms with Crippen molar-refractivity contribution in [1.82, 2.24) is 15.0 Å². The second-order valence-corrected chi connectivity index (χ2v) is 20.0. The van der Waals surface area contributed by atoms with E-state index >= 15 is 0 Å². The van der Waals surface area contributed by atoms with Crippen LogP contribution in [0.5, 0.6) is 18.0 Å². The van der Waals surface area contributed by atoms with Crippen LogP contribution in [0.25, 0.3) is 0 Å². The number of aliphatic hydroxyl groups excluding tert-OH is 19. The lowest BCUT2D eigenvalue weighted by atomic mass is 9.95. The van der Waals surface area contributed by atoms with E-state index in [2.05, 4.69) is 15.0 Å². The van der Waals surface area contributed by atoms with Crippen LogP contribution in [0.4, 0.5) is 0 Å². The summed E-state index contributed by atoms with van der Waals surface area (Å²) in [5.41, 5.74) is 0. The van der Waals surface area contributed by atoms with Gasteiger partial charge in [0.1, 0.15) is 153 Å². The van der Waals surface area contributed by atoms with Gasteiger partial charge in [-0.25, -0.2) is 0 Å². The Labute approximate surface area is 462 Å². The molecule has 8 rings (SSSR count).